The molecule has 0 fully saturated rings. The van der Waals surface area contributed by atoms with Gasteiger partial charge < -0.3 is 0 Å². The van der Waals surface area contributed by atoms with Crippen LogP contribution < -0.4 is 5.73 Å². The summed E-state index contributed by atoms with van der Waals surface area (Å²) < 4.78 is 258. The first-order valence-electron chi connectivity index (χ1n) is 7.40. The molecule has 0 aromatic heterocycles. The molecule has 0 amide bonds. The van der Waals surface area contributed by atoms with Gasteiger partial charge in [0.25, 0.3) is 0 Å². The van der Waals surface area contributed by atoms with Crippen molar-refractivity contribution in [3.63, 3.8) is 0 Å². The van der Waals surface area contributed by atoms with Crippen LogP contribution in [0.2, 0.25) is 0 Å². The van der Waals surface area contributed by atoms with Gasteiger partial charge in [-0.1, -0.05) is 0 Å². The molecule has 0 spiro atoms. The molecule has 0 radical (unpaired) electrons. The Kier molecular flexibility index (Phi) is 7.71. The van der Waals surface area contributed by atoms with Gasteiger partial charge in [0, 0.05) is 6.42 Å². The van der Waals surface area contributed by atoms with Crippen molar-refractivity contribution in [2.75, 3.05) is 0 Å². The van der Waals surface area contributed by atoms with E-state index in [0.29, 0.717) is 0 Å². The van der Waals surface area contributed by atoms with Gasteiger partial charge in [-0.2, -0.15) is 83.4 Å². The highest BCUT2D eigenvalue weighted by molar-refractivity contribution is 5.16. The highest BCUT2D eigenvalue weighted by Gasteiger charge is 2.95. The smallest absolute Gasteiger partial charge is 0.267 e. The largest absolute Gasteiger partial charge is 0.392 e. The summed E-state index contributed by atoms with van der Waals surface area (Å²) in [5.41, 5.74) is 3.07. The number of halogens is 20. The Hall–Kier alpha value is -1.44. The summed E-state index contributed by atoms with van der Waals surface area (Å²) in [6, 6.07) is -6.92. The monoisotopic (exact) mass is 545 g/mol. The van der Waals surface area contributed by atoms with Gasteiger partial charge in [0.1, 0.15) is 0 Å². The van der Waals surface area contributed by atoms with E-state index in [0.717, 1.165) is 0 Å². The third kappa shape index (κ3) is 4.61. The van der Waals surface area contributed by atoms with Gasteiger partial charge in [-0.05, 0) is 6.42 Å². The molecule has 0 saturated carbocycles. The molecule has 200 valence electrons. The molecule has 1 atom stereocenters. The second kappa shape index (κ2) is 8.06. The minimum absolute atomic E-state index is 2.80. The Bertz CT molecular complexity index is 684. The molecular weight excluding hydrogens is 538 g/mol. The van der Waals surface area contributed by atoms with Crippen LogP contribution in [0.15, 0.2) is 0 Å². The van der Waals surface area contributed by atoms with E-state index in [2.05, 4.69) is 5.73 Å². The summed E-state index contributed by atoms with van der Waals surface area (Å²) in [6.07, 6.45) is -16.5. The van der Waals surface area contributed by atoms with Crippen LogP contribution in [0.1, 0.15) is 12.8 Å². The lowest BCUT2D eigenvalue weighted by Gasteiger charge is -2.43. The van der Waals surface area contributed by atoms with Crippen LogP contribution in [-0.4, -0.2) is 59.9 Å². The van der Waals surface area contributed by atoms with Crippen molar-refractivity contribution >= 4 is 0 Å². The van der Waals surface area contributed by atoms with Gasteiger partial charge in [0.15, 0.2) is 6.17 Å². The van der Waals surface area contributed by atoms with E-state index in [4.69, 9.17) is 0 Å². The first-order chi connectivity index (χ1) is 13.9. The maximum atomic E-state index is 13.4. The fraction of sp³-hybridized carbons (Fsp3) is 1.00. The Labute approximate surface area is 167 Å². The molecule has 1 nitrogen and oxygen atoms in total. The van der Waals surface area contributed by atoms with Crippen molar-refractivity contribution < 1.29 is 87.8 Å². The second-order valence-corrected chi connectivity index (χ2v) is 6.31. The molecule has 0 aliphatic carbocycles. The minimum atomic E-state index is -8.80. The van der Waals surface area contributed by atoms with Crippen LogP contribution in [0.25, 0.3) is 0 Å². The number of nitrogens with two attached hydrogens (primary N) is 1. The van der Waals surface area contributed by atoms with Crippen LogP contribution in [0.4, 0.5) is 87.8 Å². The van der Waals surface area contributed by atoms with Gasteiger partial charge in [0.2, 0.25) is 0 Å². The summed E-state index contributed by atoms with van der Waals surface area (Å²) in [4.78, 5) is 0. The van der Waals surface area contributed by atoms with Crippen LogP contribution in [0.3, 0.4) is 0 Å². The maximum Gasteiger partial charge on any atom is 0.392 e. The van der Waals surface area contributed by atoms with E-state index in [-0.39, 0.29) is 0 Å². The van der Waals surface area contributed by atoms with Crippen LogP contribution >= 0.6 is 0 Å². The van der Waals surface area contributed by atoms with E-state index < -0.39 is 72.7 Å². The minimum Gasteiger partial charge on any atom is -0.267 e. The van der Waals surface area contributed by atoms with E-state index in [9.17, 15) is 87.8 Å². The quantitative estimate of drug-likeness (QED) is 0.241. The zero-order valence-electron chi connectivity index (χ0n) is 14.6. The molecule has 33 heavy (non-hydrogen) atoms. The lowest BCUT2D eigenvalue weighted by Crippen LogP contribution is -2.76. The van der Waals surface area contributed by atoms with E-state index in [1.54, 1.807) is 0 Å². The third-order valence-corrected chi connectivity index (χ3v) is 3.88. The molecule has 0 aliphatic heterocycles. The standard InChI is InChI=1S/C12H7F20N/c13-3(1-2-4(14,15)16)5(17,18)6(19,20)7(21,22)8(23,24)9(25,26)10(27,28)11(29,30)12(31,32)33/h3H,1-2,33H2. The number of hydrogen-bond acceptors (Lipinski definition) is 1. The third-order valence-electron chi connectivity index (χ3n) is 3.88. The molecule has 0 aromatic carbocycles. The summed E-state index contributed by atoms with van der Waals surface area (Å²) in [5.74, 6) is -58.3. The summed E-state index contributed by atoms with van der Waals surface area (Å²) in [7, 11) is 0. The van der Waals surface area contributed by atoms with Crippen molar-refractivity contribution in [3.8, 4) is 0 Å². The van der Waals surface area contributed by atoms with Crippen molar-refractivity contribution in [2.24, 2.45) is 5.73 Å². The van der Waals surface area contributed by atoms with Crippen LogP contribution in [-0.2, 0) is 0 Å². The average Bonchev–Trinajstić information content (AvgIpc) is 2.56. The lowest BCUT2D eigenvalue weighted by atomic mass is 9.87. The molecule has 0 bridgehead atoms. The summed E-state index contributed by atoms with van der Waals surface area (Å²) in [5, 5.41) is 0. The predicted molar refractivity (Wildman–Crippen MR) is 63.9 cm³/mol. The highest BCUT2D eigenvalue weighted by Crippen LogP contribution is 2.63. The Morgan fingerprint density at radius 1 is 0.455 bits per heavy atom. The molecule has 0 heterocycles. The number of alkyl halides is 20. The molecular formula is C12H7F20N. The molecule has 0 rings (SSSR count). The first-order valence-corrected chi connectivity index (χ1v) is 7.40. The van der Waals surface area contributed by atoms with Crippen molar-refractivity contribution in [2.45, 2.75) is 72.7 Å². The summed E-state index contributed by atoms with van der Waals surface area (Å²) in [6.45, 7) is 0. The van der Waals surface area contributed by atoms with Crippen LogP contribution in [0.5, 0.6) is 0 Å². The van der Waals surface area contributed by atoms with Crippen molar-refractivity contribution in [1.29, 1.82) is 0 Å². The van der Waals surface area contributed by atoms with Crippen molar-refractivity contribution in [1.82, 2.24) is 0 Å². The van der Waals surface area contributed by atoms with Crippen LogP contribution in [0, 0.1) is 0 Å². The number of hydrogen-bond donors (Lipinski definition) is 1. The van der Waals surface area contributed by atoms with E-state index in [1.165, 1.54) is 0 Å². The van der Waals surface area contributed by atoms with Crippen molar-refractivity contribution in [3.05, 3.63) is 0 Å². The SMILES string of the molecule is NC(F)(F)C(F)(F)C(F)(F)C(F)(F)C(F)(F)C(F)(F)C(F)(F)C(F)(F)C(F)CCC(F)(F)F. The number of rotatable bonds is 10. The Morgan fingerprint density at radius 2 is 0.727 bits per heavy atom. The Morgan fingerprint density at radius 3 is 1.00 bits per heavy atom. The lowest BCUT2D eigenvalue weighted by molar-refractivity contribution is -0.455. The topological polar surface area (TPSA) is 26.0 Å². The fourth-order valence-electron chi connectivity index (χ4n) is 1.88. The van der Waals surface area contributed by atoms with Gasteiger partial charge in [-0.3, -0.25) is 5.73 Å². The van der Waals surface area contributed by atoms with E-state index >= 15 is 0 Å². The highest BCUT2D eigenvalue weighted by atomic mass is 19.4. The molecule has 0 saturated heterocycles. The van der Waals surface area contributed by atoms with Gasteiger partial charge in [-0.25, -0.2) is 4.39 Å². The second-order valence-electron chi connectivity index (χ2n) is 6.31. The molecule has 0 aromatic rings. The predicted octanol–water partition coefficient (Wildman–Crippen LogP) is 6.67. The summed E-state index contributed by atoms with van der Waals surface area (Å²) >= 11 is 0. The van der Waals surface area contributed by atoms with Gasteiger partial charge >= 0.3 is 53.7 Å². The normalized spacial score (nSPS) is 17.4. The molecule has 1 unspecified atom stereocenters. The van der Waals surface area contributed by atoms with Gasteiger partial charge in [-0.15, -0.1) is 0 Å². The maximum absolute atomic E-state index is 13.4. The average molecular weight is 545 g/mol. The zero-order chi connectivity index (χ0) is 27.5. The Balaban J connectivity index is 6.59. The fourth-order valence-corrected chi connectivity index (χ4v) is 1.88. The van der Waals surface area contributed by atoms with Gasteiger partial charge in [0.05, 0.1) is 0 Å². The molecule has 2 N–H and O–H groups in total. The first kappa shape index (κ1) is 31.6. The molecule has 21 heteroatoms. The molecule has 0 aliphatic rings. The van der Waals surface area contributed by atoms with E-state index in [1.807, 2.05) is 0 Å². The zero-order valence-corrected chi connectivity index (χ0v) is 14.6.